The van der Waals surface area contributed by atoms with Crippen molar-refractivity contribution >= 4 is 18.0 Å². The van der Waals surface area contributed by atoms with Crippen molar-refractivity contribution in [1.29, 1.82) is 0 Å². The molecule has 17 heteroatoms. The molecule has 0 saturated carbocycles. The number of esters is 2. The van der Waals surface area contributed by atoms with Gasteiger partial charge in [-0.25, -0.2) is 9.18 Å². The van der Waals surface area contributed by atoms with Gasteiger partial charge in [0.05, 0.1) is 37.8 Å². The number of nitro groups is 1. The van der Waals surface area contributed by atoms with E-state index in [9.17, 15) is 55.2 Å². The molecule has 1 N–H and O–H groups in total. The molecule has 3 rings (SSSR count). The topological polar surface area (TPSA) is 128 Å². The lowest BCUT2D eigenvalue weighted by Crippen LogP contribution is -2.59. The molecule has 2 aromatic rings. The van der Waals surface area contributed by atoms with E-state index < -0.39 is 101 Å². The smallest absolute Gasteiger partial charge is 0.416 e. The second kappa shape index (κ2) is 14.1. The Balaban J connectivity index is 1.99. The first-order valence-electron chi connectivity index (χ1n) is 14.1. The van der Waals surface area contributed by atoms with Gasteiger partial charge in [0.2, 0.25) is 5.54 Å². The zero-order valence-corrected chi connectivity index (χ0v) is 25.6. The minimum atomic E-state index is -5.08. The Kier molecular flexibility index (Phi) is 11.1. The first-order valence-corrected chi connectivity index (χ1v) is 14.1. The molecule has 0 spiro atoms. The molecule has 4 atom stereocenters. The van der Waals surface area contributed by atoms with Crippen molar-refractivity contribution in [2.45, 2.75) is 63.0 Å². The first-order chi connectivity index (χ1) is 21.7. The summed E-state index contributed by atoms with van der Waals surface area (Å²) in [6.07, 6.45) is -11.9. The third-order valence-corrected chi connectivity index (χ3v) is 8.40. The molecule has 1 fully saturated rings. The molecular weight excluding hydrogens is 647 g/mol. The summed E-state index contributed by atoms with van der Waals surface area (Å²) in [6, 6.07) is 2.49. The van der Waals surface area contributed by atoms with Crippen LogP contribution in [-0.4, -0.2) is 60.6 Å². The van der Waals surface area contributed by atoms with E-state index in [1.165, 1.54) is 19.9 Å². The molecular formula is C30H32F7N3O7. The number of benzene rings is 2. The number of urea groups is 1. The maximum absolute atomic E-state index is 14.0. The van der Waals surface area contributed by atoms with E-state index in [0.717, 1.165) is 31.3 Å². The van der Waals surface area contributed by atoms with Gasteiger partial charge in [0.25, 0.3) is 0 Å². The third-order valence-electron chi connectivity index (χ3n) is 8.40. The Hall–Kier alpha value is -4.44. The Labute approximate surface area is 264 Å². The molecule has 2 aromatic carbocycles. The van der Waals surface area contributed by atoms with Crippen molar-refractivity contribution in [2.75, 3.05) is 27.3 Å². The van der Waals surface area contributed by atoms with Crippen LogP contribution in [0.2, 0.25) is 0 Å². The van der Waals surface area contributed by atoms with Gasteiger partial charge in [0.1, 0.15) is 11.7 Å². The van der Waals surface area contributed by atoms with Crippen LogP contribution in [-0.2, 0) is 31.4 Å². The summed E-state index contributed by atoms with van der Waals surface area (Å²) >= 11 is 0. The van der Waals surface area contributed by atoms with Crippen LogP contribution in [0, 0.1) is 28.8 Å². The highest BCUT2D eigenvalue weighted by molar-refractivity contribution is 5.81. The number of carbonyl (C=O) groups is 3. The number of carbonyl (C=O) groups excluding carboxylic acids is 3. The number of nitrogens with zero attached hydrogens (tertiary/aromatic N) is 2. The summed E-state index contributed by atoms with van der Waals surface area (Å²) in [5, 5.41) is 15.1. The van der Waals surface area contributed by atoms with Crippen LogP contribution in [0.25, 0.3) is 0 Å². The van der Waals surface area contributed by atoms with E-state index in [0.29, 0.717) is 12.1 Å². The second-order valence-electron chi connectivity index (χ2n) is 11.3. The minimum absolute atomic E-state index is 0.0124. The van der Waals surface area contributed by atoms with Gasteiger partial charge in [-0.05, 0) is 59.9 Å². The molecule has 1 aliphatic heterocycles. The van der Waals surface area contributed by atoms with Crippen LogP contribution >= 0.6 is 0 Å². The highest BCUT2D eigenvalue weighted by Gasteiger charge is 2.59. The van der Waals surface area contributed by atoms with E-state index in [2.05, 4.69) is 10.1 Å². The average Bonchev–Trinajstić information content (AvgIpc) is 3.00. The molecule has 0 bridgehead atoms. The van der Waals surface area contributed by atoms with Crippen molar-refractivity contribution in [3.63, 3.8) is 0 Å². The lowest BCUT2D eigenvalue weighted by molar-refractivity contribution is -0.585. The Bertz CT molecular complexity index is 1480. The van der Waals surface area contributed by atoms with Gasteiger partial charge in [-0.3, -0.25) is 19.7 Å². The molecule has 47 heavy (non-hydrogen) atoms. The lowest BCUT2D eigenvalue weighted by Gasteiger charge is -2.44. The van der Waals surface area contributed by atoms with E-state index in [4.69, 9.17) is 4.74 Å². The zero-order chi connectivity index (χ0) is 35.5. The van der Waals surface area contributed by atoms with Gasteiger partial charge in [0.15, 0.2) is 0 Å². The summed E-state index contributed by atoms with van der Waals surface area (Å²) in [4.78, 5) is 51.6. The monoisotopic (exact) mass is 679 g/mol. The molecule has 1 aliphatic rings. The number of halogens is 7. The predicted molar refractivity (Wildman–Crippen MR) is 150 cm³/mol. The molecule has 0 aliphatic carbocycles. The Morgan fingerprint density at radius 2 is 1.64 bits per heavy atom. The van der Waals surface area contributed by atoms with Crippen LogP contribution in [0.15, 0.2) is 36.4 Å². The normalized spacial score (nSPS) is 19.8. The number of hydrogen-bond acceptors (Lipinski definition) is 7. The second-order valence-corrected chi connectivity index (χ2v) is 11.3. The fourth-order valence-electron chi connectivity index (χ4n) is 5.77. The van der Waals surface area contributed by atoms with Crippen LogP contribution in [0.4, 0.5) is 35.5 Å². The van der Waals surface area contributed by atoms with E-state index >= 15 is 0 Å². The number of hydrogen-bond donors (Lipinski definition) is 1. The third kappa shape index (κ3) is 8.29. The van der Waals surface area contributed by atoms with Crippen LogP contribution in [0.5, 0.6) is 0 Å². The van der Waals surface area contributed by atoms with Crippen molar-refractivity contribution < 1.29 is 59.5 Å². The van der Waals surface area contributed by atoms with Crippen molar-refractivity contribution in [1.82, 2.24) is 10.2 Å². The van der Waals surface area contributed by atoms with E-state index in [1.807, 2.05) is 0 Å². The van der Waals surface area contributed by atoms with Gasteiger partial charge in [-0.15, -0.1) is 0 Å². The number of amides is 2. The van der Waals surface area contributed by atoms with Crippen molar-refractivity contribution in [3.05, 3.63) is 80.1 Å². The quantitative estimate of drug-likeness (QED) is 0.145. The van der Waals surface area contributed by atoms with Gasteiger partial charge in [-0.2, -0.15) is 26.3 Å². The molecule has 2 amide bonds. The molecule has 10 nitrogen and oxygen atoms in total. The maximum Gasteiger partial charge on any atom is 0.416 e. The molecule has 258 valence electrons. The SMILES string of the molecule is COC(=O)CC(C(=O)OC)[C@@]1([N+](=O)[O-])CCN(C(=O)NC[C@H](C)c2cc(C(F)(F)F)cc(C(F)(F)F)c2)[C@@H](c2ccc(F)cc2C)C1. The summed E-state index contributed by atoms with van der Waals surface area (Å²) in [6.45, 7) is 1.96. The number of alkyl halides is 6. The number of ether oxygens (including phenoxy) is 2. The highest BCUT2D eigenvalue weighted by atomic mass is 19.4. The summed E-state index contributed by atoms with van der Waals surface area (Å²) in [5.41, 5.74) is -5.02. The Morgan fingerprint density at radius 3 is 2.13 bits per heavy atom. The van der Waals surface area contributed by atoms with Crippen LogP contribution in [0.3, 0.4) is 0 Å². The Morgan fingerprint density at radius 1 is 1.04 bits per heavy atom. The number of nitrogens with one attached hydrogen (secondary N) is 1. The zero-order valence-electron chi connectivity index (χ0n) is 25.6. The molecule has 0 radical (unpaired) electrons. The molecule has 1 heterocycles. The molecule has 1 unspecified atom stereocenters. The summed E-state index contributed by atoms with van der Waals surface area (Å²) in [5.74, 6) is -5.36. The number of piperidine rings is 1. The number of aryl methyl sites for hydroxylation is 1. The molecule has 0 aromatic heterocycles. The van der Waals surface area contributed by atoms with Crippen molar-refractivity contribution in [3.8, 4) is 0 Å². The maximum atomic E-state index is 14.0. The predicted octanol–water partition coefficient (Wildman–Crippen LogP) is 6.19. The number of rotatable bonds is 9. The first kappa shape index (κ1) is 37.0. The van der Waals surface area contributed by atoms with Gasteiger partial charge < -0.3 is 19.7 Å². The average molecular weight is 680 g/mol. The minimum Gasteiger partial charge on any atom is -0.469 e. The van der Waals surface area contributed by atoms with Crippen molar-refractivity contribution in [2.24, 2.45) is 5.92 Å². The van der Waals surface area contributed by atoms with E-state index in [-0.39, 0.29) is 29.3 Å². The highest BCUT2D eigenvalue weighted by Crippen LogP contribution is 2.45. The largest absolute Gasteiger partial charge is 0.469 e. The van der Waals surface area contributed by atoms with Crippen LogP contribution < -0.4 is 5.32 Å². The van der Waals surface area contributed by atoms with E-state index in [1.54, 1.807) is 0 Å². The lowest BCUT2D eigenvalue weighted by atomic mass is 9.71. The van der Waals surface area contributed by atoms with Gasteiger partial charge in [0, 0.05) is 30.9 Å². The van der Waals surface area contributed by atoms with Gasteiger partial charge >= 0.3 is 30.3 Å². The summed E-state index contributed by atoms with van der Waals surface area (Å²) < 4.78 is 104. The summed E-state index contributed by atoms with van der Waals surface area (Å²) in [7, 11) is 2.01. The van der Waals surface area contributed by atoms with Gasteiger partial charge in [-0.1, -0.05) is 13.0 Å². The number of methoxy groups -OCH3 is 2. The standard InChI is InChI=1S/C30H32F7N3O7/c1-16-9-21(31)5-6-22(16)24-14-28(40(44)45,23(26(42)47-4)13-25(41)46-3)7-8-39(24)27(43)38-15-17(2)18-10-19(29(32,33)34)12-20(11-18)30(35,36)37/h5-6,9-12,17,23-24H,7-8,13-15H2,1-4H3,(H,38,43)/t17-,23?,24+,28+/m0/s1. The fourth-order valence-corrected chi connectivity index (χ4v) is 5.77. The molecule has 1 saturated heterocycles. The number of likely N-dealkylation sites (tertiary alicyclic amines) is 1. The fraction of sp³-hybridized carbons (Fsp3) is 0.500. The van der Waals surface area contributed by atoms with Crippen LogP contribution in [0.1, 0.15) is 66.0 Å².